The minimum absolute atomic E-state index is 0.0936. The second-order valence-electron chi connectivity index (χ2n) is 6.93. The average Bonchev–Trinajstić information content (AvgIpc) is 2.78. The van der Waals surface area contributed by atoms with Crippen LogP contribution in [0, 0.1) is 11.6 Å². The average molecular weight is 442 g/mol. The number of halogens is 2. The predicted octanol–water partition coefficient (Wildman–Crippen LogP) is 2.06. The van der Waals surface area contributed by atoms with Crippen LogP contribution in [0.25, 0.3) is 22.6 Å². The normalized spacial score (nSPS) is 16.4. The fraction of sp³-hybridized carbons (Fsp3) is 0.190. The second kappa shape index (κ2) is 7.84. The van der Waals surface area contributed by atoms with E-state index in [1.807, 2.05) is 0 Å². The summed E-state index contributed by atoms with van der Waals surface area (Å²) in [6.45, 7) is 0. The van der Waals surface area contributed by atoms with Crippen LogP contribution >= 0.6 is 0 Å². The Balaban J connectivity index is 2.05. The third-order valence-corrected chi connectivity index (χ3v) is 5.00. The highest BCUT2D eigenvalue weighted by atomic mass is 19.1. The fourth-order valence-corrected chi connectivity index (χ4v) is 3.49. The molecule has 32 heavy (non-hydrogen) atoms. The van der Waals surface area contributed by atoms with Gasteiger partial charge in [-0.15, -0.1) is 0 Å². The van der Waals surface area contributed by atoms with Crippen molar-refractivity contribution in [3.05, 3.63) is 64.5 Å². The third kappa shape index (κ3) is 3.37. The van der Waals surface area contributed by atoms with Gasteiger partial charge in [0.15, 0.2) is 11.5 Å². The number of benzene rings is 2. The molecule has 0 fully saturated rings. The lowest BCUT2D eigenvalue weighted by atomic mass is 9.99. The summed E-state index contributed by atoms with van der Waals surface area (Å²) in [5.74, 6) is -3.00. The number of hydrogen-bond acceptors (Lipinski definition) is 8. The van der Waals surface area contributed by atoms with Gasteiger partial charge in [0.2, 0.25) is 5.66 Å². The SMILES string of the molecule is COC(=O)C[C@@]1(C(=O)OC)Nc2cc(F)ccc2-c2nc(=O)c(-c3ccc(F)cc3)nn21. The molecular weight excluding hydrogens is 426 g/mol. The third-order valence-electron chi connectivity index (χ3n) is 5.00. The van der Waals surface area contributed by atoms with Gasteiger partial charge in [0.1, 0.15) is 18.1 Å². The zero-order chi connectivity index (χ0) is 23.0. The van der Waals surface area contributed by atoms with Crippen molar-refractivity contribution in [3.8, 4) is 22.6 Å². The summed E-state index contributed by atoms with van der Waals surface area (Å²) in [5, 5.41) is 7.11. The number of aromatic nitrogens is 3. The zero-order valence-electron chi connectivity index (χ0n) is 16.9. The van der Waals surface area contributed by atoms with Crippen LogP contribution in [0.3, 0.4) is 0 Å². The first-order valence-electron chi connectivity index (χ1n) is 9.30. The minimum Gasteiger partial charge on any atom is -0.469 e. The van der Waals surface area contributed by atoms with Gasteiger partial charge in [-0.3, -0.25) is 9.59 Å². The summed E-state index contributed by atoms with van der Waals surface area (Å²) in [6.07, 6.45) is -0.612. The second-order valence-corrected chi connectivity index (χ2v) is 6.93. The molecule has 2 aromatic carbocycles. The van der Waals surface area contributed by atoms with Crippen molar-refractivity contribution in [2.75, 3.05) is 19.5 Å². The van der Waals surface area contributed by atoms with E-state index in [-0.39, 0.29) is 28.3 Å². The maximum Gasteiger partial charge on any atom is 0.355 e. The topological polar surface area (TPSA) is 112 Å². The van der Waals surface area contributed by atoms with Gasteiger partial charge >= 0.3 is 11.9 Å². The molecular formula is C21H16F2N4O5. The number of carbonyl (C=O) groups excluding carboxylic acids is 2. The van der Waals surface area contributed by atoms with Crippen LogP contribution in [0.15, 0.2) is 47.3 Å². The van der Waals surface area contributed by atoms with Crippen LogP contribution in [0.1, 0.15) is 6.42 Å². The van der Waals surface area contributed by atoms with Crippen LogP contribution < -0.4 is 10.9 Å². The molecule has 2 heterocycles. The number of methoxy groups -OCH3 is 2. The van der Waals surface area contributed by atoms with Gasteiger partial charge in [-0.05, 0) is 42.5 Å². The van der Waals surface area contributed by atoms with E-state index in [0.717, 1.165) is 43.2 Å². The number of fused-ring (bicyclic) bond motifs is 3. The lowest BCUT2D eigenvalue weighted by Gasteiger charge is -2.38. The van der Waals surface area contributed by atoms with Crippen LogP contribution in [0.5, 0.6) is 0 Å². The van der Waals surface area contributed by atoms with E-state index in [1.165, 1.54) is 18.2 Å². The smallest absolute Gasteiger partial charge is 0.355 e. The van der Waals surface area contributed by atoms with Gasteiger partial charge in [-0.2, -0.15) is 10.1 Å². The highest BCUT2D eigenvalue weighted by Crippen LogP contribution is 2.39. The Morgan fingerprint density at radius 3 is 2.41 bits per heavy atom. The molecule has 1 N–H and O–H groups in total. The predicted molar refractivity (Wildman–Crippen MR) is 107 cm³/mol. The largest absolute Gasteiger partial charge is 0.469 e. The van der Waals surface area contributed by atoms with Gasteiger partial charge in [-0.25, -0.2) is 18.3 Å². The molecule has 1 aliphatic rings. The summed E-state index contributed by atoms with van der Waals surface area (Å²) in [6, 6.07) is 8.53. The van der Waals surface area contributed by atoms with Crippen molar-refractivity contribution in [2.45, 2.75) is 12.1 Å². The highest BCUT2D eigenvalue weighted by molar-refractivity contribution is 5.92. The van der Waals surface area contributed by atoms with Crippen LogP contribution in [-0.2, 0) is 24.7 Å². The first-order chi connectivity index (χ1) is 15.3. The molecule has 1 aromatic heterocycles. The van der Waals surface area contributed by atoms with Crippen molar-refractivity contribution >= 4 is 17.6 Å². The van der Waals surface area contributed by atoms with E-state index < -0.39 is 41.2 Å². The van der Waals surface area contributed by atoms with E-state index in [0.29, 0.717) is 0 Å². The quantitative estimate of drug-likeness (QED) is 0.611. The fourth-order valence-electron chi connectivity index (χ4n) is 3.49. The summed E-state index contributed by atoms with van der Waals surface area (Å²) in [7, 11) is 2.23. The lowest BCUT2D eigenvalue weighted by molar-refractivity contribution is -0.157. The number of ether oxygens (including phenoxy) is 2. The van der Waals surface area contributed by atoms with E-state index in [2.05, 4.69) is 15.4 Å². The van der Waals surface area contributed by atoms with Crippen molar-refractivity contribution in [1.29, 1.82) is 0 Å². The van der Waals surface area contributed by atoms with E-state index in [4.69, 9.17) is 9.47 Å². The summed E-state index contributed by atoms with van der Waals surface area (Å²) in [4.78, 5) is 42.1. The van der Waals surface area contributed by atoms with Crippen molar-refractivity contribution in [2.24, 2.45) is 0 Å². The molecule has 0 unspecified atom stereocenters. The number of hydrogen-bond donors (Lipinski definition) is 1. The molecule has 164 valence electrons. The molecule has 0 saturated heterocycles. The first-order valence-corrected chi connectivity index (χ1v) is 9.30. The molecule has 0 amide bonds. The standard InChI is InChI=1S/C21H16F2N4O5/c1-31-16(28)10-21(20(30)32-2)25-15-9-13(23)7-8-14(15)18-24-19(29)17(26-27(18)21)11-3-5-12(22)6-4-11/h3-9,25H,10H2,1-2H3/t21-/m1/s1. The molecule has 0 radical (unpaired) electrons. The number of nitrogens with zero attached hydrogens (tertiary/aromatic N) is 3. The molecule has 0 saturated carbocycles. The summed E-state index contributed by atoms with van der Waals surface area (Å²) < 4.78 is 38.0. The highest BCUT2D eigenvalue weighted by Gasteiger charge is 2.50. The molecule has 0 aliphatic carbocycles. The van der Waals surface area contributed by atoms with E-state index in [9.17, 15) is 23.2 Å². The maximum atomic E-state index is 13.9. The van der Waals surface area contributed by atoms with Crippen molar-refractivity contribution < 1.29 is 27.8 Å². The lowest BCUT2D eigenvalue weighted by Crippen LogP contribution is -2.55. The van der Waals surface area contributed by atoms with Crippen LogP contribution in [-0.4, -0.2) is 40.9 Å². The Labute approximate surface area is 179 Å². The zero-order valence-corrected chi connectivity index (χ0v) is 16.9. The van der Waals surface area contributed by atoms with Crippen LogP contribution in [0.4, 0.5) is 14.5 Å². The van der Waals surface area contributed by atoms with Gasteiger partial charge in [0.05, 0.1) is 19.9 Å². The Hall–Kier alpha value is -4.15. The molecule has 1 aliphatic heterocycles. The summed E-state index contributed by atoms with van der Waals surface area (Å²) >= 11 is 0. The molecule has 0 bridgehead atoms. The Morgan fingerprint density at radius 1 is 1.06 bits per heavy atom. The van der Waals surface area contributed by atoms with Gasteiger partial charge in [0, 0.05) is 11.1 Å². The van der Waals surface area contributed by atoms with Gasteiger partial charge in [0.25, 0.3) is 5.56 Å². The number of esters is 2. The first kappa shape index (κ1) is 21.1. The van der Waals surface area contributed by atoms with Gasteiger partial charge in [-0.1, -0.05) is 0 Å². The number of anilines is 1. The molecule has 11 heteroatoms. The van der Waals surface area contributed by atoms with Crippen LogP contribution in [0.2, 0.25) is 0 Å². The molecule has 9 nitrogen and oxygen atoms in total. The Bertz CT molecular complexity index is 1290. The molecule has 3 aromatic rings. The van der Waals surface area contributed by atoms with Crippen molar-refractivity contribution in [3.63, 3.8) is 0 Å². The molecule has 0 spiro atoms. The Morgan fingerprint density at radius 2 is 1.75 bits per heavy atom. The van der Waals surface area contributed by atoms with E-state index in [1.54, 1.807) is 0 Å². The number of rotatable bonds is 4. The number of nitrogens with one attached hydrogen (secondary N) is 1. The maximum absolute atomic E-state index is 13.9. The Kier molecular flexibility index (Phi) is 5.17. The summed E-state index contributed by atoms with van der Waals surface area (Å²) in [5.41, 5.74) is -2.39. The number of carbonyl (C=O) groups is 2. The van der Waals surface area contributed by atoms with Crippen molar-refractivity contribution in [1.82, 2.24) is 14.8 Å². The molecule has 1 atom stereocenters. The minimum atomic E-state index is -2.03. The monoisotopic (exact) mass is 442 g/mol. The van der Waals surface area contributed by atoms with Gasteiger partial charge < -0.3 is 14.8 Å². The molecule has 4 rings (SSSR count). The van der Waals surface area contributed by atoms with E-state index >= 15 is 0 Å².